The minimum Gasteiger partial charge on any atom is -0.381 e. The normalized spacial score (nSPS) is 29.9. The zero-order valence-corrected chi connectivity index (χ0v) is 14.3. The van der Waals surface area contributed by atoms with Crippen molar-refractivity contribution in [3.63, 3.8) is 0 Å². The predicted octanol–water partition coefficient (Wildman–Crippen LogP) is 3.62. The Balaban J connectivity index is 1.54. The van der Waals surface area contributed by atoms with E-state index in [9.17, 15) is 4.79 Å². The Morgan fingerprint density at radius 1 is 1.27 bits per heavy atom. The number of halogens is 1. The number of hydrogen-bond donors (Lipinski definition) is 1. The molecule has 0 bridgehead atoms. The summed E-state index contributed by atoms with van der Waals surface area (Å²) in [5.41, 5.74) is 0.942. The van der Waals surface area contributed by atoms with E-state index in [2.05, 4.69) is 33.4 Å². The first kappa shape index (κ1) is 14.7. The Bertz CT molecular complexity index is 578. The van der Waals surface area contributed by atoms with E-state index < -0.39 is 0 Å². The largest absolute Gasteiger partial charge is 0.381 e. The van der Waals surface area contributed by atoms with Gasteiger partial charge in [-0.3, -0.25) is 4.79 Å². The van der Waals surface area contributed by atoms with Crippen molar-refractivity contribution in [3.8, 4) is 0 Å². The molecule has 22 heavy (non-hydrogen) atoms. The van der Waals surface area contributed by atoms with E-state index in [-0.39, 0.29) is 17.4 Å². The topological polar surface area (TPSA) is 38.3 Å². The molecule has 0 unspecified atom stereocenters. The fourth-order valence-electron chi connectivity index (χ4n) is 3.88. The molecule has 2 saturated carbocycles. The number of nitrogens with one attached hydrogen (secondary N) is 1. The van der Waals surface area contributed by atoms with Gasteiger partial charge in [-0.1, -0.05) is 28.1 Å². The molecule has 1 aliphatic heterocycles. The Labute approximate surface area is 139 Å². The second kappa shape index (κ2) is 5.64. The quantitative estimate of drug-likeness (QED) is 0.886. The third-order valence-corrected chi connectivity index (χ3v) is 5.98. The SMILES string of the molecule is O=C(NC1(c2cccc(Br)c2)CCOCC1)[C@@H]1C[C@H]1C1CC1. The molecule has 118 valence electrons. The Morgan fingerprint density at radius 3 is 2.73 bits per heavy atom. The van der Waals surface area contributed by atoms with Crippen LogP contribution in [0.15, 0.2) is 28.7 Å². The van der Waals surface area contributed by atoms with Crippen molar-refractivity contribution in [1.82, 2.24) is 5.32 Å². The summed E-state index contributed by atoms with van der Waals surface area (Å²) in [7, 11) is 0. The molecular weight excluding hydrogens is 342 g/mol. The zero-order valence-electron chi connectivity index (χ0n) is 12.7. The van der Waals surface area contributed by atoms with Crippen molar-refractivity contribution in [2.75, 3.05) is 13.2 Å². The molecule has 1 N–H and O–H groups in total. The number of rotatable bonds is 4. The molecule has 0 spiro atoms. The summed E-state index contributed by atoms with van der Waals surface area (Å²) in [6.07, 6.45) is 5.48. The average molecular weight is 364 g/mol. The summed E-state index contributed by atoms with van der Waals surface area (Å²) in [5, 5.41) is 3.41. The van der Waals surface area contributed by atoms with Crippen molar-refractivity contribution in [2.24, 2.45) is 17.8 Å². The highest BCUT2D eigenvalue weighted by Gasteiger charge is 2.52. The van der Waals surface area contributed by atoms with E-state index in [0.717, 1.165) is 29.7 Å². The summed E-state index contributed by atoms with van der Waals surface area (Å²) in [6.45, 7) is 1.42. The highest BCUT2D eigenvalue weighted by atomic mass is 79.9. The van der Waals surface area contributed by atoms with Crippen molar-refractivity contribution in [2.45, 2.75) is 37.6 Å². The van der Waals surface area contributed by atoms with Gasteiger partial charge in [-0.15, -0.1) is 0 Å². The first-order valence-corrected chi connectivity index (χ1v) is 9.13. The van der Waals surface area contributed by atoms with E-state index in [1.165, 1.54) is 18.4 Å². The number of benzene rings is 1. The number of carbonyl (C=O) groups excluding carboxylic acids is 1. The fraction of sp³-hybridized carbons (Fsp3) is 0.611. The molecule has 1 aromatic carbocycles. The second-order valence-corrected chi connectivity index (χ2v) is 7.95. The van der Waals surface area contributed by atoms with Gasteiger partial charge in [0, 0.05) is 23.6 Å². The van der Waals surface area contributed by atoms with Gasteiger partial charge in [-0.2, -0.15) is 0 Å². The van der Waals surface area contributed by atoms with Crippen LogP contribution in [-0.2, 0) is 15.1 Å². The molecule has 2 aliphatic carbocycles. The van der Waals surface area contributed by atoms with Gasteiger partial charge in [0.2, 0.25) is 5.91 Å². The van der Waals surface area contributed by atoms with E-state index in [4.69, 9.17) is 4.74 Å². The summed E-state index contributed by atoms with van der Waals surface area (Å²) in [4.78, 5) is 12.7. The van der Waals surface area contributed by atoms with Gasteiger partial charge < -0.3 is 10.1 Å². The highest BCUT2D eigenvalue weighted by Crippen LogP contribution is 2.54. The lowest BCUT2D eigenvalue weighted by molar-refractivity contribution is -0.126. The van der Waals surface area contributed by atoms with Crippen molar-refractivity contribution < 1.29 is 9.53 Å². The summed E-state index contributed by atoms with van der Waals surface area (Å²) < 4.78 is 6.60. The second-order valence-electron chi connectivity index (χ2n) is 7.04. The Morgan fingerprint density at radius 2 is 2.05 bits per heavy atom. The minimum atomic E-state index is -0.254. The van der Waals surface area contributed by atoms with Crippen LogP contribution in [0.1, 0.15) is 37.7 Å². The summed E-state index contributed by atoms with van der Waals surface area (Å²) in [5.74, 6) is 2.03. The summed E-state index contributed by atoms with van der Waals surface area (Å²) in [6, 6.07) is 8.34. The smallest absolute Gasteiger partial charge is 0.224 e. The van der Waals surface area contributed by atoms with Gasteiger partial charge in [-0.05, 0) is 61.6 Å². The van der Waals surface area contributed by atoms with E-state index in [1.54, 1.807) is 0 Å². The lowest BCUT2D eigenvalue weighted by Gasteiger charge is -2.39. The maximum atomic E-state index is 12.7. The molecule has 3 fully saturated rings. The standard InChI is InChI=1S/C18H22BrNO2/c19-14-3-1-2-13(10-14)18(6-8-22-9-7-18)20-17(21)16-11-15(16)12-4-5-12/h1-3,10,12,15-16H,4-9,11H2,(H,20,21)/t15-,16+/m0/s1. The summed E-state index contributed by atoms with van der Waals surface area (Å²) >= 11 is 3.55. The molecule has 2 atom stereocenters. The third kappa shape index (κ3) is 2.83. The first-order chi connectivity index (χ1) is 10.7. The van der Waals surface area contributed by atoms with E-state index in [1.807, 2.05) is 12.1 Å². The molecule has 4 heteroatoms. The molecule has 0 aromatic heterocycles. The molecule has 1 heterocycles. The molecule has 3 aliphatic rings. The minimum absolute atomic E-state index is 0.254. The maximum absolute atomic E-state index is 12.7. The van der Waals surface area contributed by atoms with Crippen LogP contribution in [0.5, 0.6) is 0 Å². The number of ether oxygens (including phenoxy) is 1. The lowest BCUT2D eigenvalue weighted by atomic mass is 9.82. The number of hydrogen-bond acceptors (Lipinski definition) is 2. The van der Waals surface area contributed by atoms with E-state index in [0.29, 0.717) is 19.1 Å². The van der Waals surface area contributed by atoms with Crippen molar-refractivity contribution in [3.05, 3.63) is 34.3 Å². The Kier molecular flexibility index (Phi) is 3.77. The first-order valence-electron chi connectivity index (χ1n) is 8.34. The maximum Gasteiger partial charge on any atom is 0.224 e. The van der Waals surface area contributed by atoms with Crippen LogP contribution in [0, 0.1) is 17.8 Å². The molecule has 1 amide bonds. The van der Waals surface area contributed by atoms with Gasteiger partial charge in [-0.25, -0.2) is 0 Å². The molecule has 1 aromatic rings. The van der Waals surface area contributed by atoms with Gasteiger partial charge >= 0.3 is 0 Å². The lowest BCUT2D eigenvalue weighted by Crippen LogP contribution is -2.50. The van der Waals surface area contributed by atoms with E-state index >= 15 is 0 Å². The van der Waals surface area contributed by atoms with Crippen molar-refractivity contribution in [1.29, 1.82) is 0 Å². The highest BCUT2D eigenvalue weighted by molar-refractivity contribution is 9.10. The molecule has 1 saturated heterocycles. The number of carbonyl (C=O) groups is 1. The average Bonchev–Trinajstić information content (AvgIpc) is 3.39. The van der Waals surface area contributed by atoms with Crippen LogP contribution in [-0.4, -0.2) is 19.1 Å². The predicted molar refractivity (Wildman–Crippen MR) is 88.3 cm³/mol. The van der Waals surface area contributed by atoms with Gasteiger partial charge in [0.1, 0.15) is 0 Å². The van der Waals surface area contributed by atoms with Gasteiger partial charge in [0.05, 0.1) is 5.54 Å². The monoisotopic (exact) mass is 363 g/mol. The Hall–Kier alpha value is -0.870. The van der Waals surface area contributed by atoms with Crippen LogP contribution in [0.4, 0.5) is 0 Å². The van der Waals surface area contributed by atoms with Crippen LogP contribution in [0.3, 0.4) is 0 Å². The van der Waals surface area contributed by atoms with Gasteiger partial charge in [0.25, 0.3) is 0 Å². The number of amides is 1. The third-order valence-electron chi connectivity index (χ3n) is 5.49. The zero-order chi connectivity index (χ0) is 15.2. The molecule has 0 radical (unpaired) electrons. The fourth-order valence-corrected chi connectivity index (χ4v) is 4.28. The van der Waals surface area contributed by atoms with Crippen LogP contribution < -0.4 is 5.32 Å². The molecular formula is C18H22BrNO2. The van der Waals surface area contributed by atoms with Crippen LogP contribution in [0.2, 0.25) is 0 Å². The van der Waals surface area contributed by atoms with Crippen LogP contribution in [0.25, 0.3) is 0 Å². The van der Waals surface area contributed by atoms with Crippen LogP contribution >= 0.6 is 15.9 Å². The molecule has 3 nitrogen and oxygen atoms in total. The van der Waals surface area contributed by atoms with Crippen molar-refractivity contribution >= 4 is 21.8 Å². The van der Waals surface area contributed by atoms with Gasteiger partial charge in [0.15, 0.2) is 0 Å². The molecule has 4 rings (SSSR count).